The first-order valence-electron chi connectivity index (χ1n) is 15.1. The van der Waals surface area contributed by atoms with Crippen molar-refractivity contribution < 1.29 is 9.29 Å². The zero-order valence-electron chi connectivity index (χ0n) is 24.6. The van der Waals surface area contributed by atoms with Gasteiger partial charge in [0, 0.05) is 38.8 Å². The number of aromatic nitrogens is 4. The summed E-state index contributed by atoms with van der Waals surface area (Å²) < 4.78 is 24.7. The van der Waals surface area contributed by atoms with Gasteiger partial charge in [0.1, 0.15) is 11.4 Å². The van der Waals surface area contributed by atoms with Gasteiger partial charge in [-0.1, -0.05) is 12.6 Å². The first-order chi connectivity index (χ1) is 20.8. The van der Waals surface area contributed by atoms with E-state index >= 15 is 0 Å². The fourth-order valence-electron chi connectivity index (χ4n) is 6.28. The number of imidazole rings is 1. The fourth-order valence-corrected chi connectivity index (χ4v) is 7.48. The third kappa shape index (κ3) is 6.85. The molecule has 6 rings (SSSR count). The summed E-state index contributed by atoms with van der Waals surface area (Å²) in [6, 6.07) is 6.76. The molecule has 2 aromatic heterocycles. The number of nitrogens with one attached hydrogen (secondary N) is 3. The van der Waals surface area contributed by atoms with Crippen molar-refractivity contribution in [3.63, 3.8) is 0 Å². The minimum Gasteiger partial charge on any atom is -0.591 e. The second-order valence-corrected chi connectivity index (χ2v) is 13.2. The van der Waals surface area contributed by atoms with E-state index in [1.54, 1.807) is 10.9 Å². The molecule has 0 amide bonds. The molecule has 0 radical (unpaired) electrons. The Morgan fingerprint density at radius 1 is 1.16 bits per heavy atom. The third-order valence-corrected chi connectivity index (χ3v) is 10.0. The lowest BCUT2D eigenvalue weighted by Gasteiger charge is -2.32. The molecule has 3 aromatic rings. The summed E-state index contributed by atoms with van der Waals surface area (Å²) in [5.41, 5.74) is 7.29. The number of aryl methyl sites for hydroxylation is 1. The maximum Gasteiger partial charge on any atom is 0.350 e. The zero-order chi connectivity index (χ0) is 29.9. The molecule has 1 atom stereocenters. The van der Waals surface area contributed by atoms with Gasteiger partial charge >= 0.3 is 5.69 Å². The maximum atomic E-state index is 13.1. The Hall–Kier alpha value is -3.52. The molecule has 4 heterocycles. The first-order valence-corrected chi connectivity index (χ1v) is 16.2. The van der Waals surface area contributed by atoms with Crippen molar-refractivity contribution in [2.24, 2.45) is 12.8 Å². The summed E-state index contributed by atoms with van der Waals surface area (Å²) in [7, 11) is 1.88. The number of nitrogens with zero attached hydrogens (tertiary/aromatic N) is 5. The number of hydrogen-bond donors (Lipinski definition) is 4. The second kappa shape index (κ2) is 13.0. The molecule has 1 saturated carbocycles. The van der Waals surface area contributed by atoms with Crippen molar-refractivity contribution >= 4 is 22.9 Å². The molecular formula is C30H41N9O3S. The van der Waals surface area contributed by atoms with Crippen LogP contribution in [0.2, 0.25) is 0 Å². The number of fused-ring (bicyclic) bond motifs is 2. The monoisotopic (exact) mass is 607 g/mol. The van der Waals surface area contributed by atoms with Gasteiger partial charge < -0.3 is 35.5 Å². The SMILES string of the molecule is C=C(N)NCCCNC1CCC(n2cc3c(nc2=O)Nc2cc(C4CCN([S+]([O-])c5cn(C)cn5)CC4)ccc2O3)CC1. The van der Waals surface area contributed by atoms with Crippen molar-refractivity contribution in [2.45, 2.75) is 68.0 Å². The molecule has 0 bridgehead atoms. The van der Waals surface area contributed by atoms with Gasteiger partial charge in [-0.3, -0.25) is 4.57 Å². The quantitative estimate of drug-likeness (QED) is 0.156. The Labute approximate surface area is 255 Å². The van der Waals surface area contributed by atoms with E-state index in [9.17, 15) is 9.35 Å². The minimum absolute atomic E-state index is 0.107. The largest absolute Gasteiger partial charge is 0.591 e. The zero-order valence-corrected chi connectivity index (χ0v) is 25.4. The summed E-state index contributed by atoms with van der Waals surface area (Å²) in [6.07, 6.45) is 11.9. The highest BCUT2D eigenvalue weighted by atomic mass is 32.2. The predicted molar refractivity (Wildman–Crippen MR) is 167 cm³/mol. The van der Waals surface area contributed by atoms with E-state index in [1.165, 1.54) is 5.56 Å². The number of nitrogens with two attached hydrogens (primary N) is 1. The van der Waals surface area contributed by atoms with Crippen molar-refractivity contribution in [3.8, 4) is 11.5 Å². The smallest absolute Gasteiger partial charge is 0.350 e. The van der Waals surface area contributed by atoms with E-state index in [0.717, 1.165) is 82.6 Å². The molecule has 12 nitrogen and oxygen atoms in total. The lowest BCUT2D eigenvalue weighted by Crippen LogP contribution is -2.38. The standard InChI is InChI=1S/C30H41N9O3S/c1-20(31)32-12-3-13-33-23-5-7-24(8-6-23)39-17-27-29(36-30(39)40)35-25-16-22(4-9-26(25)42-27)21-10-14-38(15-11-21)43(41)28-18-37(2)19-34-28/h4,9,16-19,21,23-24,32-33H,1,3,5-8,10-15,31H2,2H3,(H,35,36,40). The molecule has 2 aliphatic heterocycles. The van der Waals surface area contributed by atoms with Gasteiger partial charge in [0.05, 0.1) is 30.2 Å². The number of ether oxygens (including phenoxy) is 1. The Morgan fingerprint density at radius 3 is 2.67 bits per heavy atom. The van der Waals surface area contributed by atoms with Crippen LogP contribution in [-0.2, 0) is 18.4 Å². The number of rotatable bonds is 10. The van der Waals surface area contributed by atoms with Crippen LogP contribution in [0, 0.1) is 0 Å². The van der Waals surface area contributed by atoms with Gasteiger partial charge in [-0.25, -0.2) is 4.79 Å². The van der Waals surface area contributed by atoms with E-state index in [0.29, 0.717) is 34.4 Å². The van der Waals surface area contributed by atoms with Crippen LogP contribution in [0.5, 0.6) is 11.5 Å². The highest BCUT2D eigenvalue weighted by Gasteiger charge is 2.32. The molecular weight excluding hydrogens is 566 g/mol. The van der Waals surface area contributed by atoms with Crippen LogP contribution < -0.4 is 32.1 Å². The Balaban J connectivity index is 1.04. The van der Waals surface area contributed by atoms with Gasteiger partial charge in [0.2, 0.25) is 0 Å². The highest BCUT2D eigenvalue weighted by Crippen LogP contribution is 2.43. The van der Waals surface area contributed by atoms with Gasteiger partial charge in [0.25, 0.3) is 5.03 Å². The summed E-state index contributed by atoms with van der Waals surface area (Å²) in [5.74, 6) is 2.59. The van der Waals surface area contributed by atoms with Crippen LogP contribution in [0.4, 0.5) is 11.5 Å². The molecule has 230 valence electrons. The number of anilines is 2. The average molecular weight is 608 g/mol. The molecule has 1 aromatic carbocycles. The molecule has 43 heavy (non-hydrogen) atoms. The number of benzene rings is 1. The van der Waals surface area contributed by atoms with E-state index in [1.807, 2.05) is 34.4 Å². The van der Waals surface area contributed by atoms with Crippen LogP contribution in [0.15, 0.2) is 59.1 Å². The van der Waals surface area contributed by atoms with Crippen molar-refractivity contribution in [2.75, 3.05) is 31.5 Å². The van der Waals surface area contributed by atoms with Gasteiger partial charge in [0.15, 0.2) is 17.3 Å². The summed E-state index contributed by atoms with van der Waals surface area (Å²) >= 11 is -1.24. The van der Waals surface area contributed by atoms with E-state index in [-0.39, 0.29) is 11.7 Å². The van der Waals surface area contributed by atoms with Crippen LogP contribution in [-0.4, -0.2) is 60.2 Å². The van der Waals surface area contributed by atoms with Crippen LogP contribution in [0.1, 0.15) is 62.5 Å². The highest BCUT2D eigenvalue weighted by molar-refractivity contribution is 7.89. The molecule has 2 fully saturated rings. The molecule has 13 heteroatoms. The van der Waals surface area contributed by atoms with Gasteiger partial charge in [-0.2, -0.15) is 9.97 Å². The summed E-state index contributed by atoms with van der Waals surface area (Å²) in [6.45, 7) is 6.85. The Kier molecular flexibility index (Phi) is 8.93. The van der Waals surface area contributed by atoms with Crippen molar-refractivity contribution in [1.29, 1.82) is 0 Å². The van der Waals surface area contributed by atoms with Gasteiger partial charge in [-0.15, -0.1) is 4.31 Å². The molecule has 1 unspecified atom stereocenters. The van der Waals surface area contributed by atoms with Crippen LogP contribution >= 0.6 is 0 Å². The second-order valence-electron chi connectivity index (χ2n) is 11.7. The van der Waals surface area contributed by atoms with Gasteiger partial charge in [-0.05, 0) is 75.1 Å². The topological polar surface area (TPSA) is 150 Å². The molecule has 1 saturated heterocycles. The lowest BCUT2D eigenvalue weighted by molar-refractivity contribution is 0.282. The Morgan fingerprint density at radius 2 is 1.95 bits per heavy atom. The molecule has 0 spiro atoms. The van der Waals surface area contributed by atoms with Crippen LogP contribution in [0.3, 0.4) is 0 Å². The number of hydrogen-bond acceptors (Lipinski definition) is 10. The lowest BCUT2D eigenvalue weighted by atomic mass is 9.90. The predicted octanol–water partition coefficient (Wildman–Crippen LogP) is 3.21. The molecule has 5 N–H and O–H groups in total. The van der Waals surface area contributed by atoms with E-state index < -0.39 is 11.4 Å². The normalized spacial score (nSPS) is 21.3. The van der Waals surface area contributed by atoms with Crippen molar-refractivity contribution in [1.82, 2.24) is 34.0 Å². The minimum atomic E-state index is -1.24. The van der Waals surface area contributed by atoms with E-state index in [4.69, 9.17) is 10.5 Å². The van der Waals surface area contributed by atoms with Crippen LogP contribution in [0.25, 0.3) is 0 Å². The summed E-state index contributed by atoms with van der Waals surface area (Å²) in [5, 5.41) is 10.6. The Bertz CT molecular complexity index is 1490. The molecule has 3 aliphatic rings. The first kappa shape index (κ1) is 29.5. The van der Waals surface area contributed by atoms with E-state index in [2.05, 4.69) is 44.6 Å². The average Bonchev–Trinajstić information content (AvgIpc) is 3.45. The third-order valence-electron chi connectivity index (χ3n) is 8.64. The maximum absolute atomic E-state index is 13.1. The number of piperidine rings is 1. The fraction of sp³-hybridized carbons (Fsp3) is 0.500. The van der Waals surface area contributed by atoms with Crippen molar-refractivity contribution in [3.05, 3.63) is 65.4 Å². The summed E-state index contributed by atoms with van der Waals surface area (Å²) in [4.78, 5) is 21.7. The molecule has 1 aliphatic carbocycles.